The van der Waals surface area contributed by atoms with Crippen LogP contribution in [0.2, 0.25) is 0 Å². The molecule has 2 saturated heterocycles. The molecule has 2 heterocycles. The maximum absolute atomic E-state index is 13.7. The minimum absolute atomic E-state index is 0.119. The molecule has 7 nitrogen and oxygen atoms in total. The van der Waals surface area contributed by atoms with Crippen LogP contribution >= 0.6 is 0 Å². The van der Waals surface area contributed by atoms with Gasteiger partial charge in [-0.15, -0.1) is 0 Å². The number of piperidine rings is 1. The van der Waals surface area contributed by atoms with E-state index in [1.807, 2.05) is 25.1 Å². The van der Waals surface area contributed by atoms with E-state index in [1.165, 1.54) is 18.2 Å². The molecule has 3 aliphatic rings. The fourth-order valence-electron chi connectivity index (χ4n) is 4.87. The number of rotatable bonds is 4. The first-order valence-corrected chi connectivity index (χ1v) is 11.8. The summed E-state index contributed by atoms with van der Waals surface area (Å²) >= 11 is 0. The first-order valence-electron chi connectivity index (χ1n) is 11.8. The Kier molecular flexibility index (Phi) is 5.85. The third-order valence-electron chi connectivity index (χ3n) is 6.87. The van der Waals surface area contributed by atoms with E-state index < -0.39 is 17.6 Å². The van der Waals surface area contributed by atoms with Crippen LogP contribution in [-0.2, 0) is 9.53 Å². The number of carbonyl (C=O) groups is 3. The third kappa shape index (κ3) is 4.30. The average Bonchev–Trinajstić information content (AvgIpc) is 3.58. The molecular formula is C26H28FN3O4. The predicted octanol–water partition coefficient (Wildman–Crippen LogP) is 2.89. The van der Waals surface area contributed by atoms with Crippen molar-refractivity contribution >= 4 is 17.7 Å². The molecule has 8 heteroatoms. The van der Waals surface area contributed by atoms with Gasteiger partial charge >= 0.3 is 0 Å². The smallest absolute Gasteiger partial charge is 0.256 e. The van der Waals surface area contributed by atoms with E-state index in [9.17, 15) is 18.8 Å². The molecule has 5 rings (SSSR count). The van der Waals surface area contributed by atoms with Crippen LogP contribution in [0.25, 0.3) is 0 Å². The summed E-state index contributed by atoms with van der Waals surface area (Å²) in [5.74, 6) is -1.16. The van der Waals surface area contributed by atoms with Crippen LogP contribution in [0.5, 0.6) is 0 Å². The van der Waals surface area contributed by atoms with E-state index >= 15 is 0 Å². The highest BCUT2D eigenvalue weighted by molar-refractivity contribution is 5.99. The summed E-state index contributed by atoms with van der Waals surface area (Å²) in [6.07, 6.45) is 2.65. The lowest BCUT2D eigenvalue weighted by Gasteiger charge is -2.44. The molecule has 3 amide bonds. The highest BCUT2D eigenvalue weighted by atomic mass is 19.1. The molecule has 1 atom stereocenters. The van der Waals surface area contributed by atoms with Crippen LogP contribution in [0, 0.1) is 12.7 Å². The van der Waals surface area contributed by atoms with Crippen molar-refractivity contribution in [3.8, 4) is 0 Å². The fourth-order valence-corrected chi connectivity index (χ4v) is 4.87. The number of nitrogens with one attached hydrogen (secondary N) is 1. The molecule has 2 aromatic rings. The van der Waals surface area contributed by atoms with Crippen LogP contribution in [-0.4, -0.2) is 65.0 Å². The second-order valence-corrected chi connectivity index (χ2v) is 9.40. The van der Waals surface area contributed by atoms with Gasteiger partial charge in [0, 0.05) is 43.1 Å². The quantitative estimate of drug-likeness (QED) is 0.753. The van der Waals surface area contributed by atoms with E-state index in [2.05, 4.69) is 5.32 Å². The second-order valence-electron chi connectivity index (χ2n) is 9.40. The summed E-state index contributed by atoms with van der Waals surface area (Å²) in [6.45, 7) is 2.71. The zero-order chi connectivity index (χ0) is 23.9. The molecule has 1 N–H and O–H groups in total. The Balaban J connectivity index is 1.38. The number of halogens is 1. The lowest BCUT2D eigenvalue weighted by molar-refractivity contribution is -0.128. The normalized spacial score (nSPS) is 21.5. The maximum Gasteiger partial charge on any atom is 0.256 e. The summed E-state index contributed by atoms with van der Waals surface area (Å²) in [7, 11) is 0. The summed E-state index contributed by atoms with van der Waals surface area (Å²) in [6, 6.07) is 12.4. The van der Waals surface area contributed by atoms with Gasteiger partial charge in [0.15, 0.2) is 0 Å². The number of nitrogens with zero attached hydrogens (tertiary/aromatic N) is 2. The van der Waals surface area contributed by atoms with E-state index in [0.29, 0.717) is 31.5 Å². The predicted molar refractivity (Wildman–Crippen MR) is 123 cm³/mol. The Labute approximate surface area is 197 Å². The van der Waals surface area contributed by atoms with Crippen molar-refractivity contribution in [2.45, 2.75) is 50.4 Å². The number of amides is 3. The maximum atomic E-state index is 13.7. The molecule has 2 aromatic carbocycles. The molecule has 1 saturated carbocycles. The van der Waals surface area contributed by atoms with Crippen LogP contribution < -0.4 is 5.32 Å². The van der Waals surface area contributed by atoms with Gasteiger partial charge < -0.3 is 15.0 Å². The van der Waals surface area contributed by atoms with Crippen LogP contribution in [0.15, 0.2) is 48.5 Å². The number of hydrogen-bond donors (Lipinski definition) is 1. The minimum atomic E-state index is -0.967. The van der Waals surface area contributed by atoms with Crippen molar-refractivity contribution in [3.63, 3.8) is 0 Å². The minimum Gasteiger partial charge on any atom is -0.353 e. The van der Waals surface area contributed by atoms with Gasteiger partial charge in [-0.2, -0.15) is 0 Å². The Morgan fingerprint density at radius 2 is 1.68 bits per heavy atom. The van der Waals surface area contributed by atoms with Crippen LogP contribution in [0.4, 0.5) is 4.39 Å². The van der Waals surface area contributed by atoms with E-state index in [-0.39, 0.29) is 35.9 Å². The van der Waals surface area contributed by atoms with Crippen molar-refractivity contribution < 1.29 is 23.5 Å². The zero-order valence-electron chi connectivity index (χ0n) is 19.1. The molecule has 178 valence electrons. The number of carbonyl (C=O) groups excluding carboxylic acids is 3. The molecule has 1 spiro atoms. The van der Waals surface area contributed by atoms with E-state index in [0.717, 1.165) is 18.4 Å². The van der Waals surface area contributed by atoms with Crippen molar-refractivity contribution in [1.29, 1.82) is 0 Å². The van der Waals surface area contributed by atoms with E-state index in [4.69, 9.17) is 4.74 Å². The SMILES string of the molecule is Cc1cccc(C(=O)N2[C@H](C(=O)NC3CC3)COC23CCN(C(=O)c2cccc(F)c2)CC3)c1. The molecule has 0 bridgehead atoms. The van der Waals surface area contributed by atoms with Gasteiger partial charge in [0.05, 0.1) is 6.61 Å². The van der Waals surface area contributed by atoms with Crippen molar-refractivity contribution in [2.24, 2.45) is 0 Å². The summed E-state index contributed by atoms with van der Waals surface area (Å²) in [5, 5.41) is 3.01. The lowest BCUT2D eigenvalue weighted by Crippen LogP contribution is -2.60. The number of benzene rings is 2. The monoisotopic (exact) mass is 465 g/mol. The molecule has 1 aliphatic carbocycles. The first-order chi connectivity index (χ1) is 16.4. The molecule has 3 fully saturated rings. The highest BCUT2D eigenvalue weighted by Gasteiger charge is 2.54. The summed E-state index contributed by atoms with van der Waals surface area (Å²) < 4.78 is 19.8. The Hall–Kier alpha value is -3.26. The van der Waals surface area contributed by atoms with Gasteiger partial charge in [0.1, 0.15) is 17.6 Å². The number of ether oxygens (including phenoxy) is 1. The van der Waals surface area contributed by atoms with Crippen molar-refractivity contribution in [2.75, 3.05) is 19.7 Å². The van der Waals surface area contributed by atoms with Crippen LogP contribution in [0.3, 0.4) is 0 Å². The van der Waals surface area contributed by atoms with E-state index in [1.54, 1.807) is 21.9 Å². The topological polar surface area (TPSA) is 79.0 Å². The summed E-state index contributed by atoms with van der Waals surface area (Å²) in [5.41, 5.74) is 0.782. The Morgan fingerprint density at radius 3 is 2.32 bits per heavy atom. The Bertz CT molecular complexity index is 1120. The summed E-state index contributed by atoms with van der Waals surface area (Å²) in [4.78, 5) is 42.9. The average molecular weight is 466 g/mol. The van der Waals surface area contributed by atoms with Gasteiger partial charge in [-0.3, -0.25) is 19.3 Å². The molecule has 34 heavy (non-hydrogen) atoms. The van der Waals surface area contributed by atoms with Gasteiger partial charge in [0.2, 0.25) is 5.91 Å². The molecule has 0 aromatic heterocycles. The Morgan fingerprint density at radius 1 is 1.00 bits per heavy atom. The van der Waals surface area contributed by atoms with Gasteiger partial charge in [0.25, 0.3) is 11.8 Å². The van der Waals surface area contributed by atoms with Crippen LogP contribution in [0.1, 0.15) is 52.0 Å². The first kappa shape index (κ1) is 22.5. The van der Waals surface area contributed by atoms with Gasteiger partial charge in [-0.25, -0.2) is 4.39 Å². The third-order valence-corrected chi connectivity index (χ3v) is 6.87. The standard InChI is InChI=1S/C26H28FN3O4/c1-17-4-2-5-18(14-17)25(33)30-22(23(31)28-21-8-9-21)16-34-26(30)10-12-29(13-11-26)24(32)19-6-3-7-20(27)15-19/h2-7,14-15,21-22H,8-13,16H2,1H3,(H,28,31)/t22-/m0/s1. The van der Waals surface area contributed by atoms with Gasteiger partial charge in [-0.05, 0) is 50.1 Å². The molecular weight excluding hydrogens is 437 g/mol. The van der Waals surface area contributed by atoms with Crippen molar-refractivity contribution in [3.05, 3.63) is 71.0 Å². The van der Waals surface area contributed by atoms with Gasteiger partial charge in [-0.1, -0.05) is 23.8 Å². The second kappa shape index (κ2) is 8.83. The largest absolute Gasteiger partial charge is 0.353 e. The molecule has 0 radical (unpaired) electrons. The number of hydrogen-bond acceptors (Lipinski definition) is 4. The highest BCUT2D eigenvalue weighted by Crippen LogP contribution is 2.39. The van der Waals surface area contributed by atoms with Crippen molar-refractivity contribution in [1.82, 2.24) is 15.1 Å². The number of likely N-dealkylation sites (tertiary alicyclic amines) is 1. The zero-order valence-corrected chi connectivity index (χ0v) is 19.1. The lowest BCUT2D eigenvalue weighted by atomic mass is 9.95. The molecule has 0 unspecified atom stereocenters. The fraction of sp³-hybridized carbons (Fsp3) is 0.423. The molecule has 2 aliphatic heterocycles. The number of aryl methyl sites for hydroxylation is 1.